The minimum Gasteiger partial charge on any atom is -0.466 e. The summed E-state index contributed by atoms with van der Waals surface area (Å²) in [6.45, 7) is 4.95. The lowest BCUT2D eigenvalue weighted by atomic mass is 10.0. The molecule has 3 N–H and O–H groups in total. The van der Waals surface area contributed by atoms with Crippen molar-refractivity contribution in [3.63, 3.8) is 0 Å². The summed E-state index contributed by atoms with van der Waals surface area (Å²) >= 11 is 0. The molecule has 0 aliphatic rings. The van der Waals surface area contributed by atoms with Crippen LogP contribution in [0.15, 0.2) is 24.3 Å². The van der Waals surface area contributed by atoms with Gasteiger partial charge < -0.3 is 20.3 Å². The molecule has 2 atom stereocenters. The lowest BCUT2D eigenvalue weighted by molar-refractivity contribution is -0.143. The molecule has 0 saturated heterocycles. The number of amides is 1. The third-order valence-electron chi connectivity index (χ3n) is 16.0. The second kappa shape index (κ2) is 64.9. The van der Waals surface area contributed by atoms with Crippen LogP contribution < -0.4 is 5.32 Å². The van der Waals surface area contributed by atoms with Gasteiger partial charge in [-0.05, 0) is 57.8 Å². The summed E-state index contributed by atoms with van der Waals surface area (Å²) in [5.41, 5.74) is 0. The highest BCUT2D eigenvalue weighted by atomic mass is 16.5. The fourth-order valence-electron chi connectivity index (χ4n) is 10.8. The molecule has 0 aromatic rings. The Morgan fingerprint density at radius 2 is 0.667 bits per heavy atom. The van der Waals surface area contributed by atoms with Gasteiger partial charge in [-0.1, -0.05) is 334 Å². The van der Waals surface area contributed by atoms with Crippen molar-refractivity contribution in [1.29, 1.82) is 0 Å². The van der Waals surface area contributed by atoms with Gasteiger partial charge in [-0.3, -0.25) is 9.59 Å². The molecular formula is C69H133NO5. The first kappa shape index (κ1) is 73.3. The van der Waals surface area contributed by atoms with Crippen LogP contribution in [0, 0.1) is 0 Å². The molecule has 0 spiro atoms. The Balaban J connectivity index is 3.32. The Labute approximate surface area is 469 Å². The van der Waals surface area contributed by atoms with Gasteiger partial charge in [0.05, 0.1) is 25.4 Å². The molecule has 0 rings (SSSR count). The second-order valence-electron chi connectivity index (χ2n) is 23.5. The molecule has 6 heteroatoms. The Bertz CT molecular complexity index is 1170. The number of unbranched alkanes of at least 4 members (excludes halogenated alkanes) is 49. The first-order valence-electron chi connectivity index (χ1n) is 34.1. The molecule has 0 aromatic heterocycles. The van der Waals surface area contributed by atoms with Gasteiger partial charge in [0.15, 0.2) is 0 Å². The van der Waals surface area contributed by atoms with Crippen molar-refractivity contribution in [2.24, 2.45) is 0 Å². The smallest absolute Gasteiger partial charge is 0.305 e. The molecular weight excluding hydrogens is 923 g/mol. The summed E-state index contributed by atoms with van der Waals surface area (Å²) in [6.07, 6.45) is 80.8. The van der Waals surface area contributed by atoms with Gasteiger partial charge in [-0.2, -0.15) is 0 Å². The molecule has 0 heterocycles. The van der Waals surface area contributed by atoms with Crippen molar-refractivity contribution in [3.05, 3.63) is 24.3 Å². The van der Waals surface area contributed by atoms with Crippen molar-refractivity contribution in [2.75, 3.05) is 13.2 Å². The van der Waals surface area contributed by atoms with Gasteiger partial charge in [-0.15, -0.1) is 0 Å². The Morgan fingerprint density at radius 1 is 0.373 bits per heavy atom. The zero-order valence-corrected chi connectivity index (χ0v) is 50.8. The molecule has 0 aliphatic carbocycles. The SMILES string of the molecule is CCCCC/C=C\C/C=C\CCCCCCCC(=O)OCCCCCCCCCCCCCCCCCCCCCCCCCCCCCCCCC(=O)N[C@@H](CO)[C@H](O)CCCCCCCCCCCCCCC. The lowest BCUT2D eigenvalue weighted by Crippen LogP contribution is -2.45. The van der Waals surface area contributed by atoms with Crippen molar-refractivity contribution in [3.8, 4) is 0 Å². The summed E-state index contributed by atoms with van der Waals surface area (Å²) in [6, 6.07) is -0.537. The summed E-state index contributed by atoms with van der Waals surface area (Å²) in [5.74, 6) is -0.0228. The second-order valence-corrected chi connectivity index (χ2v) is 23.5. The highest BCUT2D eigenvalue weighted by Gasteiger charge is 2.20. The zero-order chi connectivity index (χ0) is 54.3. The molecule has 0 saturated carbocycles. The minimum atomic E-state index is -0.660. The fourth-order valence-corrected chi connectivity index (χ4v) is 10.8. The maximum atomic E-state index is 12.5. The molecule has 0 unspecified atom stereocenters. The summed E-state index contributed by atoms with van der Waals surface area (Å²) in [7, 11) is 0. The van der Waals surface area contributed by atoms with E-state index in [1.54, 1.807) is 0 Å². The maximum absolute atomic E-state index is 12.5. The van der Waals surface area contributed by atoms with E-state index in [0.717, 1.165) is 51.4 Å². The van der Waals surface area contributed by atoms with Crippen LogP contribution in [0.2, 0.25) is 0 Å². The lowest BCUT2D eigenvalue weighted by Gasteiger charge is -2.22. The monoisotopic (exact) mass is 1060 g/mol. The van der Waals surface area contributed by atoms with E-state index in [-0.39, 0.29) is 18.5 Å². The number of aliphatic hydroxyl groups excluding tert-OH is 2. The first-order chi connectivity index (χ1) is 37.0. The molecule has 0 aromatic carbocycles. The largest absolute Gasteiger partial charge is 0.466 e. The number of hydrogen-bond acceptors (Lipinski definition) is 5. The molecule has 0 fully saturated rings. The number of carbonyl (C=O) groups is 2. The standard InChI is InChI=1S/C69H133NO5/c1-3-5-7-9-11-13-15-17-34-39-43-47-51-55-59-63-69(74)75-64-60-56-52-48-44-40-36-33-31-29-27-25-23-21-19-18-20-22-24-26-28-30-32-35-38-42-46-50-54-58-62-68(73)70-66(65-71)67(72)61-57-53-49-45-41-37-16-14-12-10-8-6-4-2/h11,13,17,34,66-67,71-72H,3-10,12,14-16,18-33,35-65H2,1-2H3,(H,70,73)/b13-11-,34-17-/t66-,67+/m0/s1. The van der Waals surface area contributed by atoms with Gasteiger partial charge in [0, 0.05) is 12.8 Å². The van der Waals surface area contributed by atoms with Crippen LogP contribution in [0.4, 0.5) is 0 Å². The normalized spacial score (nSPS) is 12.6. The predicted octanol–water partition coefficient (Wildman–Crippen LogP) is 21.8. The molecule has 0 radical (unpaired) electrons. The Kier molecular flexibility index (Phi) is 63.4. The number of carbonyl (C=O) groups excluding carboxylic acids is 2. The van der Waals surface area contributed by atoms with Gasteiger partial charge in [-0.25, -0.2) is 0 Å². The minimum absolute atomic E-state index is 0.00650. The quantitative estimate of drug-likeness (QED) is 0.0320. The number of rotatable bonds is 64. The third-order valence-corrected chi connectivity index (χ3v) is 16.0. The van der Waals surface area contributed by atoms with Crippen LogP contribution in [-0.2, 0) is 14.3 Å². The molecule has 0 aliphatic heterocycles. The predicted molar refractivity (Wildman–Crippen MR) is 329 cm³/mol. The van der Waals surface area contributed by atoms with E-state index in [4.69, 9.17) is 4.74 Å². The van der Waals surface area contributed by atoms with Crippen LogP contribution in [0.3, 0.4) is 0 Å². The van der Waals surface area contributed by atoms with Crippen LogP contribution in [-0.4, -0.2) is 47.4 Å². The highest BCUT2D eigenvalue weighted by molar-refractivity contribution is 5.76. The van der Waals surface area contributed by atoms with E-state index in [0.29, 0.717) is 25.9 Å². The van der Waals surface area contributed by atoms with Crippen LogP contribution in [0.1, 0.15) is 380 Å². The fraction of sp³-hybridized carbons (Fsp3) is 0.913. The number of esters is 1. The molecule has 6 nitrogen and oxygen atoms in total. The summed E-state index contributed by atoms with van der Waals surface area (Å²) in [5, 5.41) is 23.3. The number of nitrogens with one attached hydrogen (secondary N) is 1. The first-order valence-corrected chi connectivity index (χ1v) is 34.1. The van der Waals surface area contributed by atoms with Crippen molar-refractivity contribution >= 4 is 11.9 Å². The molecule has 75 heavy (non-hydrogen) atoms. The van der Waals surface area contributed by atoms with Crippen molar-refractivity contribution in [1.82, 2.24) is 5.32 Å². The summed E-state index contributed by atoms with van der Waals surface area (Å²) < 4.78 is 5.49. The van der Waals surface area contributed by atoms with Gasteiger partial charge in [0.2, 0.25) is 5.91 Å². The van der Waals surface area contributed by atoms with E-state index in [1.165, 1.54) is 295 Å². The Morgan fingerprint density at radius 3 is 1.04 bits per heavy atom. The van der Waals surface area contributed by atoms with Gasteiger partial charge in [0.25, 0.3) is 0 Å². The number of aliphatic hydroxyl groups is 2. The third kappa shape index (κ3) is 61.4. The number of hydrogen-bond donors (Lipinski definition) is 3. The Hall–Kier alpha value is -1.66. The number of ether oxygens (including phenoxy) is 1. The van der Waals surface area contributed by atoms with Crippen LogP contribution >= 0.6 is 0 Å². The van der Waals surface area contributed by atoms with E-state index in [2.05, 4.69) is 43.5 Å². The van der Waals surface area contributed by atoms with E-state index < -0.39 is 12.1 Å². The topological polar surface area (TPSA) is 95.9 Å². The average Bonchev–Trinajstić information content (AvgIpc) is 3.41. The highest BCUT2D eigenvalue weighted by Crippen LogP contribution is 2.19. The molecule has 0 bridgehead atoms. The van der Waals surface area contributed by atoms with Gasteiger partial charge >= 0.3 is 5.97 Å². The van der Waals surface area contributed by atoms with E-state index >= 15 is 0 Å². The summed E-state index contributed by atoms with van der Waals surface area (Å²) in [4.78, 5) is 24.5. The van der Waals surface area contributed by atoms with E-state index in [9.17, 15) is 19.8 Å². The van der Waals surface area contributed by atoms with E-state index in [1.807, 2.05) is 0 Å². The molecule has 444 valence electrons. The van der Waals surface area contributed by atoms with Crippen molar-refractivity contribution < 1.29 is 24.5 Å². The van der Waals surface area contributed by atoms with Gasteiger partial charge in [0.1, 0.15) is 0 Å². The maximum Gasteiger partial charge on any atom is 0.305 e. The average molecular weight is 1060 g/mol. The van der Waals surface area contributed by atoms with Crippen molar-refractivity contribution in [2.45, 2.75) is 392 Å². The molecule has 1 amide bonds. The van der Waals surface area contributed by atoms with Crippen LogP contribution in [0.25, 0.3) is 0 Å². The number of allylic oxidation sites excluding steroid dienone is 4. The van der Waals surface area contributed by atoms with Crippen LogP contribution in [0.5, 0.6) is 0 Å². The zero-order valence-electron chi connectivity index (χ0n) is 50.8.